The molecule has 0 aromatic carbocycles. The third-order valence-corrected chi connectivity index (χ3v) is 3.17. The summed E-state index contributed by atoms with van der Waals surface area (Å²) in [5.74, 6) is 0. The SMILES string of the molecule is CCCN(CC)CCNCc1c(C)n[nH]c1C. The average molecular weight is 238 g/mol. The standard InChI is InChI=1S/C13H26N4/c1-5-8-17(6-2)9-7-14-10-13-11(3)15-16-12(13)4/h14H,5-10H2,1-4H3,(H,15,16). The Balaban J connectivity index is 2.24. The second-order valence-electron chi connectivity index (χ2n) is 4.52. The molecule has 2 N–H and O–H groups in total. The van der Waals surface area contributed by atoms with Gasteiger partial charge in [-0.15, -0.1) is 0 Å². The van der Waals surface area contributed by atoms with Crippen LogP contribution in [0.2, 0.25) is 0 Å². The van der Waals surface area contributed by atoms with Crippen LogP contribution in [-0.2, 0) is 6.54 Å². The zero-order valence-electron chi connectivity index (χ0n) is 11.6. The van der Waals surface area contributed by atoms with Gasteiger partial charge in [-0.25, -0.2) is 0 Å². The molecule has 17 heavy (non-hydrogen) atoms. The fraction of sp³-hybridized carbons (Fsp3) is 0.769. The third-order valence-electron chi connectivity index (χ3n) is 3.17. The first-order valence-corrected chi connectivity index (χ1v) is 6.62. The molecule has 0 saturated carbocycles. The average Bonchev–Trinajstić information content (AvgIpc) is 2.64. The molecule has 0 spiro atoms. The first-order valence-electron chi connectivity index (χ1n) is 6.62. The summed E-state index contributed by atoms with van der Waals surface area (Å²) in [5, 5.41) is 10.7. The van der Waals surface area contributed by atoms with Crippen LogP contribution in [0.25, 0.3) is 0 Å². The maximum absolute atomic E-state index is 4.20. The Labute approximate surface area is 105 Å². The molecule has 0 aliphatic rings. The van der Waals surface area contributed by atoms with Crippen molar-refractivity contribution in [3.63, 3.8) is 0 Å². The van der Waals surface area contributed by atoms with Crippen molar-refractivity contribution in [1.82, 2.24) is 20.4 Å². The van der Waals surface area contributed by atoms with Gasteiger partial charge in [-0.2, -0.15) is 5.10 Å². The Hall–Kier alpha value is -0.870. The number of H-pyrrole nitrogens is 1. The predicted octanol–water partition coefficient (Wildman–Crippen LogP) is 1.85. The highest BCUT2D eigenvalue weighted by atomic mass is 15.1. The summed E-state index contributed by atoms with van der Waals surface area (Å²) in [6.07, 6.45) is 1.23. The van der Waals surface area contributed by atoms with Gasteiger partial charge in [0.25, 0.3) is 0 Å². The van der Waals surface area contributed by atoms with E-state index in [9.17, 15) is 0 Å². The van der Waals surface area contributed by atoms with Gasteiger partial charge in [0.1, 0.15) is 0 Å². The largest absolute Gasteiger partial charge is 0.311 e. The molecule has 0 unspecified atom stereocenters. The lowest BCUT2D eigenvalue weighted by Crippen LogP contribution is -2.32. The summed E-state index contributed by atoms with van der Waals surface area (Å²) in [6.45, 7) is 14.0. The molecule has 0 radical (unpaired) electrons. The van der Waals surface area contributed by atoms with Gasteiger partial charge < -0.3 is 10.2 Å². The Morgan fingerprint density at radius 3 is 2.53 bits per heavy atom. The molecule has 4 nitrogen and oxygen atoms in total. The summed E-state index contributed by atoms with van der Waals surface area (Å²) < 4.78 is 0. The van der Waals surface area contributed by atoms with Gasteiger partial charge in [-0.1, -0.05) is 13.8 Å². The number of hydrogen-bond donors (Lipinski definition) is 2. The second-order valence-corrected chi connectivity index (χ2v) is 4.52. The lowest BCUT2D eigenvalue weighted by Gasteiger charge is -2.19. The molecule has 1 aromatic rings. The lowest BCUT2D eigenvalue weighted by atomic mass is 10.2. The minimum absolute atomic E-state index is 0.915. The first-order chi connectivity index (χ1) is 8.19. The summed E-state index contributed by atoms with van der Waals surface area (Å²) in [7, 11) is 0. The zero-order valence-corrected chi connectivity index (χ0v) is 11.6. The number of nitrogens with zero attached hydrogens (tertiary/aromatic N) is 2. The van der Waals surface area contributed by atoms with Crippen LogP contribution in [0.5, 0.6) is 0 Å². The van der Waals surface area contributed by atoms with E-state index in [0.29, 0.717) is 0 Å². The molecule has 4 heteroatoms. The van der Waals surface area contributed by atoms with Gasteiger partial charge in [0.05, 0.1) is 5.69 Å². The minimum Gasteiger partial charge on any atom is -0.311 e. The second kappa shape index (κ2) is 7.45. The summed E-state index contributed by atoms with van der Waals surface area (Å²) in [5.41, 5.74) is 3.59. The smallest absolute Gasteiger partial charge is 0.0638 e. The van der Waals surface area contributed by atoms with Crippen LogP contribution in [-0.4, -0.2) is 41.3 Å². The van der Waals surface area contributed by atoms with Crippen molar-refractivity contribution in [2.75, 3.05) is 26.2 Å². The Kier molecular flexibility index (Phi) is 6.22. The molecule has 0 saturated heterocycles. The highest BCUT2D eigenvalue weighted by Gasteiger charge is 2.05. The molecule has 0 aliphatic carbocycles. The highest BCUT2D eigenvalue weighted by molar-refractivity contribution is 5.22. The molecular formula is C13H26N4. The fourth-order valence-electron chi connectivity index (χ4n) is 2.03. The van der Waals surface area contributed by atoms with Gasteiger partial charge in [0.15, 0.2) is 0 Å². The number of aromatic nitrogens is 2. The molecule has 98 valence electrons. The van der Waals surface area contributed by atoms with E-state index in [1.165, 1.54) is 24.2 Å². The van der Waals surface area contributed by atoms with E-state index in [1.54, 1.807) is 0 Å². The van der Waals surface area contributed by atoms with Crippen molar-refractivity contribution in [2.24, 2.45) is 0 Å². The Bertz CT molecular complexity index is 300. The summed E-state index contributed by atoms with van der Waals surface area (Å²) >= 11 is 0. The molecule has 0 atom stereocenters. The summed E-state index contributed by atoms with van der Waals surface area (Å²) in [4.78, 5) is 2.47. The zero-order chi connectivity index (χ0) is 12.7. The highest BCUT2D eigenvalue weighted by Crippen LogP contribution is 2.07. The van der Waals surface area contributed by atoms with Crippen molar-refractivity contribution in [2.45, 2.75) is 40.7 Å². The molecule has 0 aliphatic heterocycles. The van der Waals surface area contributed by atoms with Gasteiger partial charge in [0, 0.05) is 30.9 Å². The van der Waals surface area contributed by atoms with Crippen molar-refractivity contribution >= 4 is 0 Å². The lowest BCUT2D eigenvalue weighted by molar-refractivity contribution is 0.287. The molecule has 1 rings (SSSR count). The van der Waals surface area contributed by atoms with E-state index >= 15 is 0 Å². The van der Waals surface area contributed by atoms with E-state index in [0.717, 1.165) is 31.9 Å². The number of rotatable bonds is 8. The molecular weight excluding hydrogens is 212 g/mol. The van der Waals surface area contributed by atoms with Crippen molar-refractivity contribution < 1.29 is 0 Å². The fourth-order valence-corrected chi connectivity index (χ4v) is 2.03. The maximum atomic E-state index is 4.20. The van der Waals surface area contributed by atoms with Gasteiger partial charge in [-0.05, 0) is 33.4 Å². The monoisotopic (exact) mass is 238 g/mol. The topological polar surface area (TPSA) is 44.0 Å². The molecule has 1 aromatic heterocycles. The molecule has 0 amide bonds. The van der Waals surface area contributed by atoms with Gasteiger partial charge >= 0.3 is 0 Å². The number of hydrogen-bond acceptors (Lipinski definition) is 3. The van der Waals surface area contributed by atoms with Gasteiger partial charge in [0.2, 0.25) is 0 Å². The van der Waals surface area contributed by atoms with Crippen LogP contribution in [0.1, 0.15) is 37.2 Å². The third kappa shape index (κ3) is 4.48. The summed E-state index contributed by atoms with van der Waals surface area (Å²) in [6, 6.07) is 0. The molecule has 1 heterocycles. The molecule has 0 fully saturated rings. The Morgan fingerprint density at radius 2 is 2.00 bits per heavy atom. The van der Waals surface area contributed by atoms with E-state index in [1.807, 2.05) is 0 Å². The van der Waals surface area contributed by atoms with Crippen LogP contribution in [0, 0.1) is 13.8 Å². The van der Waals surface area contributed by atoms with Crippen molar-refractivity contribution in [3.8, 4) is 0 Å². The van der Waals surface area contributed by atoms with E-state index in [2.05, 4.69) is 48.1 Å². The molecule has 0 bridgehead atoms. The van der Waals surface area contributed by atoms with E-state index in [-0.39, 0.29) is 0 Å². The maximum Gasteiger partial charge on any atom is 0.0638 e. The number of aryl methyl sites for hydroxylation is 2. The van der Waals surface area contributed by atoms with Crippen LogP contribution >= 0.6 is 0 Å². The quantitative estimate of drug-likeness (QED) is 0.679. The number of likely N-dealkylation sites (N-methyl/N-ethyl adjacent to an activating group) is 1. The van der Waals surface area contributed by atoms with Crippen molar-refractivity contribution in [1.29, 1.82) is 0 Å². The predicted molar refractivity (Wildman–Crippen MR) is 72.2 cm³/mol. The van der Waals surface area contributed by atoms with Crippen LogP contribution < -0.4 is 5.32 Å². The number of aromatic amines is 1. The number of nitrogens with one attached hydrogen (secondary N) is 2. The van der Waals surface area contributed by atoms with Crippen molar-refractivity contribution in [3.05, 3.63) is 17.0 Å². The van der Waals surface area contributed by atoms with Crippen LogP contribution in [0.4, 0.5) is 0 Å². The van der Waals surface area contributed by atoms with Gasteiger partial charge in [-0.3, -0.25) is 5.10 Å². The Morgan fingerprint density at radius 1 is 1.24 bits per heavy atom. The minimum atomic E-state index is 0.915. The van der Waals surface area contributed by atoms with Crippen LogP contribution in [0.15, 0.2) is 0 Å². The van der Waals surface area contributed by atoms with E-state index in [4.69, 9.17) is 0 Å². The van der Waals surface area contributed by atoms with Crippen LogP contribution in [0.3, 0.4) is 0 Å². The first kappa shape index (κ1) is 14.2. The normalized spacial score (nSPS) is 11.4. The van der Waals surface area contributed by atoms with E-state index < -0.39 is 0 Å².